The van der Waals surface area contributed by atoms with Gasteiger partial charge in [0.25, 0.3) is 0 Å². The number of carbonyl (C=O) groups excluding carboxylic acids is 1. The molecule has 0 unspecified atom stereocenters. The first-order chi connectivity index (χ1) is 7.56. The van der Waals surface area contributed by atoms with Crippen LogP contribution in [0.2, 0.25) is 0 Å². The van der Waals surface area contributed by atoms with E-state index in [1.807, 2.05) is 13.0 Å². The highest BCUT2D eigenvalue weighted by Crippen LogP contribution is 2.20. The van der Waals surface area contributed by atoms with Gasteiger partial charge >= 0.3 is 5.97 Å². The van der Waals surface area contributed by atoms with Crippen molar-refractivity contribution in [3.63, 3.8) is 0 Å². The maximum Gasteiger partial charge on any atom is 0.311 e. The topological polar surface area (TPSA) is 67.5 Å². The molecule has 0 spiro atoms. The molecule has 0 bridgehead atoms. The summed E-state index contributed by atoms with van der Waals surface area (Å²) in [5.74, 6) is -0.750. The van der Waals surface area contributed by atoms with Crippen molar-refractivity contribution in [2.75, 3.05) is 0 Å². The molecule has 0 saturated heterocycles. The maximum atomic E-state index is 11.5. The van der Waals surface area contributed by atoms with Gasteiger partial charge in [-0.1, -0.05) is 0 Å². The van der Waals surface area contributed by atoms with Crippen LogP contribution in [0, 0.1) is 6.92 Å². The minimum atomic E-state index is -1.12. The van der Waals surface area contributed by atoms with E-state index in [4.69, 9.17) is 9.52 Å². The minimum absolute atomic E-state index is 0.395. The number of aryl methyl sites for hydroxylation is 1. The predicted molar refractivity (Wildman–Crippen MR) is 57.5 cm³/mol. The largest absolute Gasteiger partial charge is 0.481 e. The Morgan fingerprint density at radius 1 is 1.31 bits per heavy atom. The van der Waals surface area contributed by atoms with Crippen LogP contribution < -0.4 is 0 Å². The molecule has 0 aliphatic carbocycles. The molecule has 0 atom stereocenters. The van der Waals surface area contributed by atoms with Crippen molar-refractivity contribution < 1.29 is 19.1 Å². The summed E-state index contributed by atoms with van der Waals surface area (Å²) < 4.78 is 5.36. The molecule has 0 saturated carbocycles. The average molecular weight is 218 g/mol. The summed E-state index contributed by atoms with van der Waals surface area (Å²) in [7, 11) is 0. The molecule has 4 nitrogen and oxygen atoms in total. The molecule has 1 aromatic carbocycles. The number of carboxylic acid groups (broad SMARTS) is 1. The Hall–Kier alpha value is -2.10. The number of fused-ring (bicyclic) bond motifs is 1. The fraction of sp³-hybridized carbons (Fsp3) is 0.167. The SMILES string of the molecule is Cc1cc2cc(C(=O)CC(=O)O)ccc2o1. The van der Waals surface area contributed by atoms with Crippen LogP contribution in [0.4, 0.5) is 0 Å². The molecule has 0 radical (unpaired) electrons. The van der Waals surface area contributed by atoms with E-state index >= 15 is 0 Å². The van der Waals surface area contributed by atoms with Crippen LogP contribution in [-0.4, -0.2) is 16.9 Å². The van der Waals surface area contributed by atoms with Gasteiger partial charge in [0.15, 0.2) is 5.78 Å². The summed E-state index contributed by atoms with van der Waals surface area (Å²) in [5, 5.41) is 9.34. The van der Waals surface area contributed by atoms with Crippen molar-refractivity contribution in [2.24, 2.45) is 0 Å². The highest BCUT2D eigenvalue weighted by Gasteiger charge is 2.11. The van der Waals surface area contributed by atoms with E-state index in [2.05, 4.69) is 0 Å². The van der Waals surface area contributed by atoms with Crippen molar-refractivity contribution in [3.8, 4) is 0 Å². The Bertz CT molecular complexity index is 565. The number of carboxylic acids is 1. The predicted octanol–water partition coefficient (Wildman–Crippen LogP) is 2.40. The third-order valence-electron chi connectivity index (χ3n) is 2.27. The van der Waals surface area contributed by atoms with Crippen LogP contribution >= 0.6 is 0 Å². The van der Waals surface area contributed by atoms with Gasteiger partial charge in [-0.3, -0.25) is 9.59 Å². The van der Waals surface area contributed by atoms with Gasteiger partial charge in [-0.2, -0.15) is 0 Å². The normalized spacial score (nSPS) is 10.6. The number of furan rings is 1. The van der Waals surface area contributed by atoms with Gasteiger partial charge in [-0.25, -0.2) is 0 Å². The standard InChI is InChI=1S/C12H10O4/c1-7-4-9-5-8(2-3-11(9)16-7)10(13)6-12(14)15/h2-5H,6H2,1H3,(H,14,15). The number of aliphatic carboxylic acids is 1. The van der Waals surface area contributed by atoms with E-state index in [1.54, 1.807) is 18.2 Å². The molecule has 1 heterocycles. The van der Waals surface area contributed by atoms with Crippen molar-refractivity contribution in [2.45, 2.75) is 13.3 Å². The maximum absolute atomic E-state index is 11.5. The van der Waals surface area contributed by atoms with E-state index < -0.39 is 18.2 Å². The van der Waals surface area contributed by atoms with Gasteiger partial charge in [0.2, 0.25) is 0 Å². The van der Waals surface area contributed by atoms with Crippen molar-refractivity contribution in [1.29, 1.82) is 0 Å². The second kappa shape index (κ2) is 3.81. The summed E-state index contributed by atoms with van der Waals surface area (Å²) in [5.41, 5.74) is 1.10. The quantitative estimate of drug-likeness (QED) is 0.634. The zero-order chi connectivity index (χ0) is 11.7. The van der Waals surface area contributed by atoms with Crippen molar-refractivity contribution in [3.05, 3.63) is 35.6 Å². The van der Waals surface area contributed by atoms with E-state index in [0.29, 0.717) is 11.1 Å². The second-order valence-electron chi connectivity index (χ2n) is 3.60. The summed E-state index contributed by atoms with van der Waals surface area (Å²) in [6, 6.07) is 6.72. The molecule has 2 rings (SSSR count). The average Bonchev–Trinajstić information content (AvgIpc) is 2.55. The van der Waals surface area contributed by atoms with Gasteiger partial charge in [0.05, 0.1) is 0 Å². The van der Waals surface area contributed by atoms with Crippen molar-refractivity contribution >= 4 is 22.7 Å². The fourth-order valence-electron chi connectivity index (χ4n) is 1.59. The Labute approximate surface area is 91.5 Å². The van der Waals surface area contributed by atoms with Crippen LogP contribution in [0.5, 0.6) is 0 Å². The molecule has 0 amide bonds. The zero-order valence-corrected chi connectivity index (χ0v) is 8.69. The van der Waals surface area contributed by atoms with E-state index in [9.17, 15) is 9.59 Å². The van der Waals surface area contributed by atoms with Gasteiger partial charge in [0, 0.05) is 10.9 Å². The Kier molecular flexibility index (Phi) is 2.48. The molecule has 4 heteroatoms. The third kappa shape index (κ3) is 1.95. The molecule has 1 N–H and O–H groups in total. The van der Waals surface area contributed by atoms with Gasteiger partial charge < -0.3 is 9.52 Å². The van der Waals surface area contributed by atoms with E-state index in [0.717, 1.165) is 11.1 Å². The monoisotopic (exact) mass is 218 g/mol. The lowest BCUT2D eigenvalue weighted by atomic mass is 10.1. The molecule has 0 fully saturated rings. The molecule has 82 valence electrons. The Morgan fingerprint density at radius 2 is 2.06 bits per heavy atom. The van der Waals surface area contributed by atoms with Crippen LogP contribution in [0.15, 0.2) is 28.7 Å². The smallest absolute Gasteiger partial charge is 0.311 e. The number of rotatable bonds is 3. The zero-order valence-electron chi connectivity index (χ0n) is 8.69. The summed E-state index contributed by atoms with van der Waals surface area (Å²) in [4.78, 5) is 21.9. The van der Waals surface area contributed by atoms with Gasteiger partial charge in [-0.15, -0.1) is 0 Å². The molecule has 16 heavy (non-hydrogen) atoms. The third-order valence-corrected chi connectivity index (χ3v) is 2.27. The second-order valence-corrected chi connectivity index (χ2v) is 3.60. The summed E-state index contributed by atoms with van der Waals surface area (Å²) >= 11 is 0. The van der Waals surface area contributed by atoms with Gasteiger partial charge in [0.1, 0.15) is 17.8 Å². The molecular formula is C12H10O4. The Morgan fingerprint density at radius 3 is 2.75 bits per heavy atom. The van der Waals surface area contributed by atoms with E-state index in [1.165, 1.54) is 0 Å². The number of Topliss-reactive ketones (excluding diaryl/α,β-unsaturated/α-hetero) is 1. The number of benzene rings is 1. The van der Waals surface area contributed by atoms with Gasteiger partial charge in [-0.05, 0) is 31.2 Å². The molecule has 2 aromatic rings. The highest BCUT2D eigenvalue weighted by atomic mass is 16.4. The van der Waals surface area contributed by atoms with E-state index in [-0.39, 0.29) is 0 Å². The lowest BCUT2D eigenvalue weighted by Crippen LogP contribution is -2.06. The molecular weight excluding hydrogens is 208 g/mol. The first-order valence-corrected chi connectivity index (χ1v) is 4.81. The summed E-state index contributed by atoms with van der Waals surface area (Å²) in [6.45, 7) is 1.82. The lowest BCUT2D eigenvalue weighted by molar-refractivity contribution is -0.135. The van der Waals surface area contributed by atoms with Crippen LogP contribution in [-0.2, 0) is 4.79 Å². The van der Waals surface area contributed by atoms with Crippen LogP contribution in [0.3, 0.4) is 0 Å². The molecule has 0 aliphatic heterocycles. The number of ketones is 1. The molecule has 1 aromatic heterocycles. The number of hydrogen-bond acceptors (Lipinski definition) is 3. The first-order valence-electron chi connectivity index (χ1n) is 4.81. The fourth-order valence-corrected chi connectivity index (χ4v) is 1.59. The Balaban J connectivity index is 2.38. The summed E-state index contributed by atoms with van der Waals surface area (Å²) in [6.07, 6.45) is -0.484. The van der Waals surface area contributed by atoms with Crippen LogP contribution in [0.25, 0.3) is 11.0 Å². The van der Waals surface area contributed by atoms with Crippen LogP contribution in [0.1, 0.15) is 22.5 Å². The molecule has 0 aliphatic rings. The lowest BCUT2D eigenvalue weighted by Gasteiger charge is -1.97. The minimum Gasteiger partial charge on any atom is -0.481 e. The number of hydrogen-bond donors (Lipinski definition) is 1. The highest BCUT2D eigenvalue weighted by molar-refractivity contribution is 6.07. The first kappa shape index (κ1) is 10.4. The number of carbonyl (C=O) groups is 2. The van der Waals surface area contributed by atoms with Crippen molar-refractivity contribution in [1.82, 2.24) is 0 Å².